The second-order valence-electron chi connectivity index (χ2n) is 7.38. The van der Waals surface area contributed by atoms with Gasteiger partial charge in [0.25, 0.3) is 0 Å². The smallest absolute Gasteiger partial charge is 0.402 e. The molecule has 3 aliphatic rings. The molecule has 23 heavy (non-hydrogen) atoms. The van der Waals surface area contributed by atoms with Gasteiger partial charge in [-0.25, -0.2) is 0 Å². The molecule has 0 heterocycles. The molecule has 132 valence electrons. The number of aliphatic hydroxyl groups is 1. The van der Waals surface area contributed by atoms with Gasteiger partial charge < -0.3 is 9.84 Å². The van der Waals surface area contributed by atoms with Crippen molar-refractivity contribution in [3.63, 3.8) is 0 Å². The van der Waals surface area contributed by atoms with Gasteiger partial charge >= 0.3 is 21.3 Å². The molecule has 3 bridgehead atoms. The summed E-state index contributed by atoms with van der Waals surface area (Å²) >= 11 is 0. The lowest BCUT2D eigenvalue weighted by Crippen LogP contribution is -2.56. The molecule has 0 aromatic rings. The zero-order valence-electron chi connectivity index (χ0n) is 12.5. The Morgan fingerprint density at radius 3 is 2.52 bits per heavy atom. The summed E-state index contributed by atoms with van der Waals surface area (Å²) in [7, 11) is -5.63. The van der Waals surface area contributed by atoms with Crippen molar-refractivity contribution in [3.8, 4) is 0 Å². The second kappa shape index (κ2) is 5.10. The highest BCUT2D eigenvalue weighted by Gasteiger charge is 2.59. The van der Waals surface area contributed by atoms with E-state index in [1.807, 2.05) is 0 Å². The molecule has 3 fully saturated rings. The van der Waals surface area contributed by atoms with Gasteiger partial charge in [0.1, 0.15) is 0 Å². The van der Waals surface area contributed by atoms with E-state index in [4.69, 9.17) is 4.55 Å². The van der Waals surface area contributed by atoms with Crippen molar-refractivity contribution in [1.82, 2.24) is 0 Å². The van der Waals surface area contributed by atoms with E-state index >= 15 is 0 Å². The van der Waals surface area contributed by atoms with E-state index in [0.717, 1.165) is 12.8 Å². The van der Waals surface area contributed by atoms with Gasteiger partial charge in [0.15, 0.2) is 6.61 Å². The first-order valence-electron chi connectivity index (χ1n) is 7.71. The molecule has 3 rings (SSSR count). The van der Waals surface area contributed by atoms with Crippen LogP contribution in [0.5, 0.6) is 0 Å². The van der Waals surface area contributed by atoms with Crippen molar-refractivity contribution in [1.29, 1.82) is 0 Å². The van der Waals surface area contributed by atoms with Crippen molar-refractivity contribution in [3.05, 3.63) is 0 Å². The Morgan fingerprint density at radius 2 is 1.87 bits per heavy atom. The third-order valence-electron chi connectivity index (χ3n) is 5.79. The number of carbonyl (C=O) groups is 1. The predicted molar refractivity (Wildman–Crippen MR) is 74.1 cm³/mol. The fourth-order valence-corrected chi connectivity index (χ4v) is 4.92. The fraction of sp³-hybridized carbons (Fsp3) is 0.929. The van der Waals surface area contributed by atoms with E-state index in [0.29, 0.717) is 31.6 Å². The molecule has 0 aliphatic heterocycles. The van der Waals surface area contributed by atoms with E-state index in [2.05, 4.69) is 4.74 Å². The highest BCUT2D eigenvalue weighted by atomic mass is 32.2. The van der Waals surface area contributed by atoms with Crippen molar-refractivity contribution < 1.29 is 36.4 Å². The first-order valence-corrected chi connectivity index (χ1v) is 9.15. The average Bonchev–Trinajstić information content (AvgIpc) is 2.41. The lowest BCUT2D eigenvalue weighted by molar-refractivity contribution is -0.190. The largest absolute Gasteiger partial charge is 0.458 e. The Hall–Kier alpha value is -0.800. The lowest BCUT2D eigenvalue weighted by atomic mass is 9.50. The summed E-state index contributed by atoms with van der Waals surface area (Å²) in [5.41, 5.74) is -1.99. The summed E-state index contributed by atoms with van der Waals surface area (Å²) in [6, 6.07) is 0. The lowest BCUT2D eigenvalue weighted by Gasteiger charge is -2.56. The van der Waals surface area contributed by atoms with Crippen LogP contribution in [-0.4, -0.2) is 41.5 Å². The zero-order chi connectivity index (χ0) is 17.1. The summed E-state index contributed by atoms with van der Waals surface area (Å²) in [6.07, 6.45) is 4.00. The first kappa shape index (κ1) is 17.0. The maximum Gasteiger partial charge on any atom is 0.402 e. The minimum atomic E-state index is -5.63. The summed E-state index contributed by atoms with van der Waals surface area (Å²) in [6.45, 7) is -1.71. The number of ether oxygens (including phenoxy) is 1. The van der Waals surface area contributed by atoms with Crippen LogP contribution in [0.2, 0.25) is 0 Å². The summed E-state index contributed by atoms with van der Waals surface area (Å²) < 4.78 is 60.7. The molecule has 3 saturated carbocycles. The molecule has 3 aliphatic carbocycles. The molecular formula is C14H20F2O6S. The van der Waals surface area contributed by atoms with Gasteiger partial charge in [0.2, 0.25) is 0 Å². The Balaban J connectivity index is 1.75. The average molecular weight is 354 g/mol. The highest BCUT2D eigenvalue weighted by molar-refractivity contribution is 7.86. The molecule has 0 radical (unpaired) electrons. The zero-order valence-corrected chi connectivity index (χ0v) is 13.3. The van der Waals surface area contributed by atoms with E-state index in [9.17, 15) is 27.1 Å². The molecule has 6 nitrogen and oxygen atoms in total. The van der Waals surface area contributed by atoms with E-state index in [1.54, 1.807) is 0 Å². The van der Waals surface area contributed by atoms with Crippen LogP contribution in [0.15, 0.2) is 0 Å². The molecular weight excluding hydrogens is 334 g/mol. The molecule has 0 amide bonds. The van der Waals surface area contributed by atoms with E-state index in [-0.39, 0.29) is 12.3 Å². The third-order valence-corrected chi connectivity index (χ3v) is 6.66. The minimum absolute atomic E-state index is 0.166. The van der Waals surface area contributed by atoms with Crippen LogP contribution >= 0.6 is 0 Å². The Morgan fingerprint density at radius 1 is 1.22 bits per heavy atom. The predicted octanol–water partition coefficient (Wildman–Crippen LogP) is 1.73. The van der Waals surface area contributed by atoms with E-state index in [1.165, 1.54) is 0 Å². The van der Waals surface area contributed by atoms with Crippen molar-refractivity contribution in [2.45, 2.75) is 55.8 Å². The van der Waals surface area contributed by atoms with Gasteiger partial charge in [-0.15, -0.1) is 0 Å². The standard InChI is InChI=1S/C14H20F2O6S/c15-14(16,23(19,20)21)8-22-11(17)12-3-1-9-2-4-13(18,7-12)6-10(9)5-12/h9-10,18H,1-8H2,(H,19,20,21). The number of carbonyl (C=O) groups excluding carboxylic acids is 1. The minimum Gasteiger partial charge on any atom is -0.458 e. The Bertz CT molecular complexity index is 621. The molecule has 2 N–H and O–H groups in total. The number of halogens is 2. The number of rotatable bonds is 4. The summed E-state index contributed by atoms with van der Waals surface area (Å²) in [5.74, 6) is -0.286. The van der Waals surface area contributed by atoms with Gasteiger partial charge in [-0.1, -0.05) is 0 Å². The van der Waals surface area contributed by atoms with Crippen LogP contribution in [0, 0.1) is 17.3 Å². The molecule has 9 heteroatoms. The maximum atomic E-state index is 13.2. The first-order chi connectivity index (χ1) is 10.5. The number of fused-ring (bicyclic) bond motifs is 2. The van der Waals surface area contributed by atoms with Crippen LogP contribution in [0.4, 0.5) is 8.78 Å². The summed E-state index contributed by atoms with van der Waals surface area (Å²) in [5, 5.41) is 6.07. The molecule has 0 aromatic carbocycles. The van der Waals surface area contributed by atoms with Crippen molar-refractivity contribution in [2.75, 3.05) is 6.61 Å². The quantitative estimate of drug-likeness (QED) is 0.589. The Kier molecular flexibility index (Phi) is 3.77. The number of hydrogen-bond acceptors (Lipinski definition) is 5. The SMILES string of the molecule is O=C(OCC(F)(F)S(=O)(=O)O)C12CCC3CCC(O)(CC3C1)C2. The monoisotopic (exact) mass is 354 g/mol. The van der Waals surface area contributed by atoms with Crippen LogP contribution in [0.3, 0.4) is 0 Å². The van der Waals surface area contributed by atoms with Crippen LogP contribution in [0.25, 0.3) is 0 Å². The third kappa shape index (κ3) is 2.87. The highest BCUT2D eigenvalue weighted by Crippen LogP contribution is 2.60. The van der Waals surface area contributed by atoms with E-state index < -0.39 is 39.0 Å². The maximum absolute atomic E-state index is 13.2. The van der Waals surface area contributed by atoms with Gasteiger partial charge in [-0.2, -0.15) is 17.2 Å². The molecule has 4 atom stereocenters. The van der Waals surface area contributed by atoms with Gasteiger partial charge in [-0.05, 0) is 56.8 Å². The number of hydrogen-bond donors (Lipinski definition) is 2. The Labute approximate surface area is 132 Å². The topological polar surface area (TPSA) is 101 Å². The number of alkyl halides is 2. The molecule has 4 unspecified atom stereocenters. The number of esters is 1. The fourth-order valence-electron chi connectivity index (χ4n) is 4.72. The summed E-state index contributed by atoms with van der Waals surface area (Å²) in [4.78, 5) is 12.4. The van der Waals surface area contributed by atoms with Gasteiger partial charge in [0.05, 0.1) is 11.0 Å². The van der Waals surface area contributed by atoms with Crippen LogP contribution in [0.1, 0.15) is 44.9 Å². The van der Waals surface area contributed by atoms with Gasteiger partial charge in [0, 0.05) is 0 Å². The molecule has 0 spiro atoms. The van der Waals surface area contributed by atoms with Crippen molar-refractivity contribution >= 4 is 16.1 Å². The molecule has 0 saturated heterocycles. The van der Waals surface area contributed by atoms with Gasteiger partial charge in [-0.3, -0.25) is 9.35 Å². The van der Waals surface area contributed by atoms with Crippen LogP contribution < -0.4 is 0 Å². The second-order valence-corrected chi connectivity index (χ2v) is 8.92. The van der Waals surface area contributed by atoms with Crippen LogP contribution in [-0.2, 0) is 19.6 Å². The molecule has 0 aromatic heterocycles. The van der Waals surface area contributed by atoms with Crippen molar-refractivity contribution in [2.24, 2.45) is 17.3 Å². The normalized spacial score (nSPS) is 40.0.